The van der Waals surface area contributed by atoms with Crippen molar-refractivity contribution in [3.8, 4) is 0 Å². The third-order valence-electron chi connectivity index (χ3n) is 5.22. The molecule has 0 aliphatic rings. The molecule has 33 heavy (non-hydrogen) atoms. The van der Waals surface area contributed by atoms with Crippen molar-refractivity contribution in [3.63, 3.8) is 0 Å². The van der Waals surface area contributed by atoms with E-state index in [-0.39, 0.29) is 24.3 Å². The number of aryl methyl sites for hydroxylation is 1. The van der Waals surface area contributed by atoms with Crippen LogP contribution in [0.2, 0.25) is 0 Å². The van der Waals surface area contributed by atoms with Gasteiger partial charge >= 0.3 is 0 Å². The number of hydrogen-bond acceptors (Lipinski definition) is 5. The number of hydrogen-bond donors (Lipinski definition) is 3. The first-order chi connectivity index (χ1) is 15.8. The van der Waals surface area contributed by atoms with Crippen LogP contribution in [0.3, 0.4) is 0 Å². The lowest BCUT2D eigenvalue weighted by Gasteiger charge is -2.09. The molecule has 0 bridgehead atoms. The minimum absolute atomic E-state index is 0.0138. The minimum Gasteiger partial charge on any atom is -0.331 e. The number of nitrogens with zero attached hydrogens (tertiary/aromatic N) is 2. The SMILES string of the molecule is Cn1c(CC(=O)NNC(=O)CCNS(=O)(=O)c2ccc3ccccc3c2)nc2ccccc21. The highest BCUT2D eigenvalue weighted by Gasteiger charge is 2.16. The molecular formula is C23H23N5O4S. The van der Waals surface area contributed by atoms with E-state index in [2.05, 4.69) is 20.6 Å². The number of aromatic nitrogens is 2. The van der Waals surface area contributed by atoms with Gasteiger partial charge in [0.15, 0.2) is 0 Å². The first-order valence-corrected chi connectivity index (χ1v) is 11.8. The quantitative estimate of drug-likeness (QED) is 0.359. The van der Waals surface area contributed by atoms with Crippen molar-refractivity contribution in [2.75, 3.05) is 6.54 Å². The molecule has 170 valence electrons. The van der Waals surface area contributed by atoms with Crippen molar-refractivity contribution in [1.29, 1.82) is 0 Å². The maximum absolute atomic E-state index is 12.5. The van der Waals surface area contributed by atoms with Gasteiger partial charge in [-0.1, -0.05) is 42.5 Å². The molecule has 0 saturated heterocycles. The van der Waals surface area contributed by atoms with Gasteiger partial charge in [0.2, 0.25) is 21.8 Å². The first kappa shape index (κ1) is 22.4. The Balaban J connectivity index is 1.25. The van der Waals surface area contributed by atoms with Crippen LogP contribution in [0.1, 0.15) is 12.2 Å². The second kappa shape index (κ2) is 9.39. The average molecular weight is 466 g/mol. The predicted octanol–water partition coefficient (Wildman–Crippen LogP) is 1.79. The lowest BCUT2D eigenvalue weighted by Crippen LogP contribution is -2.43. The molecule has 0 aliphatic carbocycles. The number of hydrazine groups is 1. The summed E-state index contributed by atoms with van der Waals surface area (Å²) in [5.74, 6) is -0.390. The van der Waals surface area contributed by atoms with Crippen LogP contribution in [-0.2, 0) is 33.1 Å². The van der Waals surface area contributed by atoms with Crippen LogP contribution in [0.4, 0.5) is 0 Å². The van der Waals surface area contributed by atoms with Gasteiger partial charge < -0.3 is 4.57 Å². The molecule has 4 rings (SSSR count). The Bertz CT molecular complexity index is 1450. The summed E-state index contributed by atoms with van der Waals surface area (Å²) in [6.07, 6.45) is -0.153. The molecule has 3 aromatic carbocycles. The molecule has 0 spiro atoms. The lowest BCUT2D eigenvalue weighted by molar-refractivity contribution is -0.128. The molecule has 2 amide bonds. The van der Waals surface area contributed by atoms with E-state index in [0.29, 0.717) is 5.82 Å². The smallest absolute Gasteiger partial charge is 0.245 e. The summed E-state index contributed by atoms with van der Waals surface area (Å²) >= 11 is 0. The number of sulfonamides is 1. The molecule has 1 heterocycles. The zero-order valence-electron chi connectivity index (χ0n) is 17.9. The summed E-state index contributed by atoms with van der Waals surface area (Å²) in [6, 6.07) is 19.8. The van der Waals surface area contributed by atoms with E-state index in [1.54, 1.807) is 12.1 Å². The molecule has 0 fully saturated rings. The molecule has 0 aliphatic heterocycles. The molecule has 0 saturated carbocycles. The van der Waals surface area contributed by atoms with Crippen molar-refractivity contribution in [2.24, 2.45) is 7.05 Å². The van der Waals surface area contributed by atoms with Crippen LogP contribution in [0.25, 0.3) is 21.8 Å². The van der Waals surface area contributed by atoms with Gasteiger partial charge in [0.1, 0.15) is 5.82 Å². The van der Waals surface area contributed by atoms with Crippen molar-refractivity contribution < 1.29 is 18.0 Å². The molecular weight excluding hydrogens is 442 g/mol. The van der Waals surface area contributed by atoms with Gasteiger partial charge in [-0.25, -0.2) is 18.1 Å². The molecule has 9 nitrogen and oxygen atoms in total. The summed E-state index contributed by atoms with van der Waals surface area (Å²) in [5.41, 5.74) is 6.32. The molecule has 0 unspecified atom stereocenters. The van der Waals surface area contributed by atoms with E-state index in [9.17, 15) is 18.0 Å². The van der Waals surface area contributed by atoms with E-state index in [0.717, 1.165) is 21.8 Å². The molecule has 3 N–H and O–H groups in total. The van der Waals surface area contributed by atoms with Crippen LogP contribution in [-0.4, -0.2) is 36.3 Å². The van der Waals surface area contributed by atoms with Gasteiger partial charge in [-0.2, -0.15) is 0 Å². The number of nitrogens with one attached hydrogen (secondary N) is 3. The number of benzene rings is 3. The van der Waals surface area contributed by atoms with Crippen LogP contribution < -0.4 is 15.6 Å². The summed E-state index contributed by atoms with van der Waals surface area (Å²) in [7, 11) is -1.95. The highest BCUT2D eigenvalue weighted by molar-refractivity contribution is 7.89. The minimum atomic E-state index is -3.77. The Morgan fingerprint density at radius 1 is 0.909 bits per heavy atom. The van der Waals surface area contributed by atoms with Gasteiger partial charge in [0.05, 0.1) is 22.3 Å². The Hall–Kier alpha value is -3.76. The largest absolute Gasteiger partial charge is 0.331 e. The molecule has 10 heteroatoms. The van der Waals surface area contributed by atoms with E-state index in [1.807, 2.05) is 60.1 Å². The number of amides is 2. The van der Waals surface area contributed by atoms with Crippen LogP contribution in [0.15, 0.2) is 71.6 Å². The zero-order valence-corrected chi connectivity index (χ0v) is 18.7. The monoisotopic (exact) mass is 465 g/mol. The number of imidazole rings is 1. The van der Waals surface area contributed by atoms with Gasteiger partial charge in [-0.05, 0) is 35.0 Å². The highest BCUT2D eigenvalue weighted by Crippen LogP contribution is 2.18. The molecule has 0 radical (unpaired) electrons. The number of rotatable bonds is 7. The number of para-hydroxylation sites is 2. The van der Waals surface area contributed by atoms with Crippen molar-refractivity contribution in [1.82, 2.24) is 25.1 Å². The number of carbonyl (C=O) groups is 2. The normalized spacial score (nSPS) is 11.5. The second-order valence-corrected chi connectivity index (χ2v) is 9.27. The first-order valence-electron chi connectivity index (χ1n) is 10.3. The fourth-order valence-electron chi connectivity index (χ4n) is 3.46. The Morgan fingerprint density at radius 2 is 1.61 bits per heavy atom. The molecule has 0 atom stereocenters. The summed E-state index contributed by atoms with van der Waals surface area (Å²) in [5, 5.41) is 1.74. The van der Waals surface area contributed by atoms with Crippen LogP contribution in [0.5, 0.6) is 0 Å². The van der Waals surface area contributed by atoms with Gasteiger partial charge in [-0.3, -0.25) is 20.4 Å². The Morgan fingerprint density at radius 3 is 2.39 bits per heavy atom. The van der Waals surface area contributed by atoms with Gasteiger partial charge in [0.25, 0.3) is 0 Å². The fraction of sp³-hybridized carbons (Fsp3) is 0.174. The van der Waals surface area contributed by atoms with Crippen molar-refractivity contribution >= 4 is 43.6 Å². The Labute approximate surface area is 190 Å². The molecule has 4 aromatic rings. The van der Waals surface area contributed by atoms with Crippen LogP contribution >= 0.6 is 0 Å². The topological polar surface area (TPSA) is 122 Å². The van der Waals surface area contributed by atoms with E-state index < -0.39 is 21.8 Å². The number of fused-ring (bicyclic) bond motifs is 2. The third kappa shape index (κ3) is 5.18. The molecule has 1 aromatic heterocycles. The lowest BCUT2D eigenvalue weighted by atomic mass is 10.1. The van der Waals surface area contributed by atoms with Gasteiger partial charge in [0, 0.05) is 20.0 Å². The fourth-order valence-corrected chi connectivity index (χ4v) is 4.53. The van der Waals surface area contributed by atoms with E-state index in [1.165, 1.54) is 6.07 Å². The predicted molar refractivity (Wildman–Crippen MR) is 124 cm³/mol. The van der Waals surface area contributed by atoms with Crippen molar-refractivity contribution in [2.45, 2.75) is 17.7 Å². The van der Waals surface area contributed by atoms with Crippen molar-refractivity contribution in [3.05, 3.63) is 72.6 Å². The van der Waals surface area contributed by atoms with E-state index >= 15 is 0 Å². The maximum atomic E-state index is 12.5. The summed E-state index contributed by atoms with van der Waals surface area (Å²) in [4.78, 5) is 28.7. The average Bonchev–Trinajstić information content (AvgIpc) is 3.12. The standard InChI is InChI=1S/C23H23N5O4S/c1-28-20-9-5-4-8-19(20)25-21(28)15-23(30)27-26-22(29)12-13-24-33(31,32)18-11-10-16-6-2-3-7-17(16)14-18/h2-11,14,24H,12-13,15H2,1H3,(H,26,29)(H,27,30). The highest BCUT2D eigenvalue weighted by atomic mass is 32.2. The Kier molecular flexibility index (Phi) is 6.38. The second-order valence-electron chi connectivity index (χ2n) is 7.51. The van der Waals surface area contributed by atoms with Gasteiger partial charge in [-0.15, -0.1) is 0 Å². The summed E-state index contributed by atoms with van der Waals surface area (Å²) in [6.45, 7) is -0.110. The maximum Gasteiger partial charge on any atom is 0.245 e. The summed E-state index contributed by atoms with van der Waals surface area (Å²) < 4.78 is 29.2. The van der Waals surface area contributed by atoms with Crippen LogP contribution in [0, 0.1) is 0 Å². The number of carbonyl (C=O) groups excluding carboxylic acids is 2. The third-order valence-corrected chi connectivity index (χ3v) is 6.67. The van der Waals surface area contributed by atoms with E-state index in [4.69, 9.17) is 0 Å². The zero-order chi connectivity index (χ0) is 23.4.